The van der Waals surface area contributed by atoms with Crippen LogP contribution in [0.1, 0.15) is 21.5 Å². The molecule has 0 bridgehead atoms. The number of benzene rings is 2. The van der Waals surface area contributed by atoms with Gasteiger partial charge < -0.3 is 9.84 Å². The van der Waals surface area contributed by atoms with Gasteiger partial charge in [0, 0.05) is 11.1 Å². The summed E-state index contributed by atoms with van der Waals surface area (Å²) in [7, 11) is 0. The van der Waals surface area contributed by atoms with Crippen LogP contribution in [0, 0.1) is 6.92 Å². The molecule has 2 rings (SSSR count). The second-order valence-corrected chi connectivity index (χ2v) is 4.01. The number of aldehydes is 1. The number of aryl methyl sites for hydroxylation is 1. The summed E-state index contributed by atoms with van der Waals surface area (Å²) in [6.07, 6.45) is 0.782. The molecule has 0 heterocycles. The third kappa shape index (κ3) is 2.57. The highest BCUT2D eigenvalue weighted by Crippen LogP contribution is 2.28. The lowest BCUT2D eigenvalue weighted by Crippen LogP contribution is -1.94. The van der Waals surface area contributed by atoms with Gasteiger partial charge in [-0.05, 0) is 24.6 Å². The fourth-order valence-electron chi connectivity index (χ4n) is 1.65. The van der Waals surface area contributed by atoms with E-state index in [-0.39, 0.29) is 6.61 Å². The van der Waals surface area contributed by atoms with Gasteiger partial charge in [0.2, 0.25) is 0 Å². The second kappa shape index (κ2) is 5.47. The minimum atomic E-state index is -0.0808. The Morgan fingerprint density at radius 1 is 1.17 bits per heavy atom. The van der Waals surface area contributed by atoms with E-state index >= 15 is 0 Å². The Morgan fingerprint density at radius 2 is 1.94 bits per heavy atom. The van der Waals surface area contributed by atoms with Gasteiger partial charge in [-0.2, -0.15) is 0 Å². The van der Waals surface area contributed by atoms with Crippen molar-refractivity contribution in [2.45, 2.75) is 13.5 Å². The molecule has 0 atom stereocenters. The van der Waals surface area contributed by atoms with E-state index in [1.807, 2.05) is 25.1 Å². The Bertz CT molecular complexity index is 561. The fraction of sp³-hybridized carbons (Fsp3) is 0.133. The molecule has 3 heteroatoms. The summed E-state index contributed by atoms with van der Waals surface area (Å²) < 4.78 is 5.75. The zero-order valence-electron chi connectivity index (χ0n) is 10.1. The molecule has 18 heavy (non-hydrogen) atoms. The molecule has 0 aliphatic carbocycles. The molecule has 0 amide bonds. The van der Waals surface area contributed by atoms with Crippen molar-refractivity contribution in [2.75, 3.05) is 0 Å². The number of rotatable bonds is 4. The van der Waals surface area contributed by atoms with Crippen molar-refractivity contribution >= 4 is 6.29 Å². The molecule has 1 N–H and O–H groups in total. The molecular weight excluding hydrogens is 228 g/mol. The van der Waals surface area contributed by atoms with Gasteiger partial charge in [0.15, 0.2) is 0 Å². The predicted octanol–water partition coefficient (Wildman–Crippen LogP) is 3.09. The first-order valence-corrected chi connectivity index (χ1v) is 5.67. The van der Waals surface area contributed by atoms with Crippen LogP contribution < -0.4 is 4.74 Å². The van der Waals surface area contributed by atoms with Crippen molar-refractivity contribution in [3.8, 4) is 11.5 Å². The molecule has 0 spiro atoms. The first-order valence-electron chi connectivity index (χ1n) is 5.67. The molecule has 3 nitrogen and oxygen atoms in total. The number of hydrogen-bond acceptors (Lipinski definition) is 3. The maximum absolute atomic E-state index is 10.7. The van der Waals surface area contributed by atoms with E-state index < -0.39 is 0 Å². The van der Waals surface area contributed by atoms with Crippen LogP contribution >= 0.6 is 0 Å². The SMILES string of the molecule is Cc1ccc(C=O)cc1Oc1ccccc1CO. The zero-order chi connectivity index (χ0) is 13.0. The Labute approximate surface area is 106 Å². The Kier molecular flexibility index (Phi) is 3.75. The van der Waals surface area contributed by atoms with Crippen molar-refractivity contribution in [1.82, 2.24) is 0 Å². The van der Waals surface area contributed by atoms with Crippen LogP contribution in [-0.4, -0.2) is 11.4 Å². The smallest absolute Gasteiger partial charge is 0.150 e. The van der Waals surface area contributed by atoms with Crippen LogP contribution in [0.25, 0.3) is 0 Å². The summed E-state index contributed by atoms with van der Waals surface area (Å²) in [4.78, 5) is 10.7. The molecule has 0 unspecified atom stereocenters. The lowest BCUT2D eigenvalue weighted by atomic mass is 10.1. The van der Waals surface area contributed by atoms with E-state index in [0.717, 1.165) is 11.8 Å². The van der Waals surface area contributed by atoms with Gasteiger partial charge in [0.25, 0.3) is 0 Å². The maximum Gasteiger partial charge on any atom is 0.150 e. The Balaban J connectivity index is 2.36. The number of carbonyl (C=O) groups is 1. The molecule has 92 valence electrons. The normalized spacial score (nSPS) is 10.1. The first-order chi connectivity index (χ1) is 8.74. The number of carbonyl (C=O) groups excluding carboxylic acids is 1. The van der Waals surface area contributed by atoms with Crippen molar-refractivity contribution in [1.29, 1.82) is 0 Å². The predicted molar refractivity (Wildman–Crippen MR) is 69.0 cm³/mol. The number of ether oxygens (including phenoxy) is 1. The highest BCUT2D eigenvalue weighted by Gasteiger charge is 2.06. The highest BCUT2D eigenvalue weighted by atomic mass is 16.5. The number of hydrogen-bond donors (Lipinski definition) is 1. The molecule has 2 aromatic carbocycles. The number of para-hydroxylation sites is 1. The van der Waals surface area contributed by atoms with Crippen LogP contribution in [0.15, 0.2) is 42.5 Å². The molecule has 0 aliphatic rings. The van der Waals surface area contributed by atoms with Gasteiger partial charge in [-0.1, -0.05) is 30.3 Å². The van der Waals surface area contributed by atoms with Crippen LogP contribution in [-0.2, 0) is 6.61 Å². The molecule has 0 fully saturated rings. The third-order valence-electron chi connectivity index (χ3n) is 2.71. The molecular formula is C15H14O3. The van der Waals surface area contributed by atoms with Gasteiger partial charge in [-0.3, -0.25) is 4.79 Å². The summed E-state index contributed by atoms with van der Waals surface area (Å²) >= 11 is 0. The van der Waals surface area contributed by atoms with E-state index in [2.05, 4.69) is 0 Å². The minimum Gasteiger partial charge on any atom is -0.457 e. The van der Waals surface area contributed by atoms with Gasteiger partial charge in [-0.25, -0.2) is 0 Å². The van der Waals surface area contributed by atoms with E-state index in [1.54, 1.807) is 24.3 Å². The quantitative estimate of drug-likeness (QED) is 0.838. The number of aliphatic hydroxyl groups is 1. The lowest BCUT2D eigenvalue weighted by Gasteiger charge is -2.12. The van der Waals surface area contributed by atoms with Crippen LogP contribution in [0.4, 0.5) is 0 Å². The average Bonchev–Trinajstić information content (AvgIpc) is 2.42. The van der Waals surface area contributed by atoms with Crippen molar-refractivity contribution in [2.24, 2.45) is 0 Å². The molecule has 0 saturated carbocycles. The van der Waals surface area contributed by atoms with Crippen molar-refractivity contribution in [3.05, 3.63) is 59.2 Å². The van der Waals surface area contributed by atoms with Crippen LogP contribution in [0.5, 0.6) is 11.5 Å². The molecule has 0 radical (unpaired) electrons. The van der Waals surface area contributed by atoms with Gasteiger partial charge in [0.1, 0.15) is 17.8 Å². The summed E-state index contributed by atoms with van der Waals surface area (Å²) in [5, 5.41) is 9.23. The summed E-state index contributed by atoms with van der Waals surface area (Å²) in [5.74, 6) is 1.23. The van der Waals surface area contributed by atoms with E-state index in [1.165, 1.54) is 0 Å². The van der Waals surface area contributed by atoms with Crippen molar-refractivity contribution < 1.29 is 14.6 Å². The minimum absolute atomic E-state index is 0.0808. The van der Waals surface area contributed by atoms with E-state index in [0.29, 0.717) is 22.6 Å². The van der Waals surface area contributed by atoms with Crippen LogP contribution in [0.2, 0.25) is 0 Å². The topological polar surface area (TPSA) is 46.5 Å². The molecule has 0 aromatic heterocycles. The third-order valence-corrected chi connectivity index (χ3v) is 2.71. The Hall–Kier alpha value is -2.13. The van der Waals surface area contributed by atoms with Crippen LogP contribution in [0.3, 0.4) is 0 Å². The summed E-state index contributed by atoms with van der Waals surface area (Å²) in [6, 6.07) is 12.5. The Morgan fingerprint density at radius 3 is 2.67 bits per heavy atom. The standard InChI is InChI=1S/C15H14O3/c1-11-6-7-12(9-16)8-15(11)18-14-5-3-2-4-13(14)10-17/h2-9,17H,10H2,1H3. The zero-order valence-corrected chi connectivity index (χ0v) is 10.1. The maximum atomic E-state index is 10.7. The molecule has 0 saturated heterocycles. The van der Waals surface area contributed by atoms with Crippen molar-refractivity contribution in [3.63, 3.8) is 0 Å². The second-order valence-electron chi connectivity index (χ2n) is 4.01. The first kappa shape index (κ1) is 12.3. The molecule has 0 aliphatic heterocycles. The fourth-order valence-corrected chi connectivity index (χ4v) is 1.65. The number of aliphatic hydroxyl groups excluding tert-OH is 1. The van der Waals surface area contributed by atoms with E-state index in [9.17, 15) is 9.90 Å². The largest absolute Gasteiger partial charge is 0.457 e. The summed E-state index contributed by atoms with van der Waals surface area (Å²) in [6.45, 7) is 1.83. The monoisotopic (exact) mass is 242 g/mol. The molecule has 2 aromatic rings. The average molecular weight is 242 g/mol. The van der Waals surface area contributed by atoms with Gasteiger partial charge in [0.05, 0.1) is 6.61 Å². The summed E-state index contributed by atoms with van der Waals surface area (Å²) in [5.41, 5.74) is 2.22. The van der Waals surface area contributed by atoms with Gasteiger partial charge in [-0.15, -0.1) is 0 Å². The van der Waals surface area contributed by atoms with Gasteiger partial charge >= 0.3 is 0 Å². The van der Waals surface area contributed by atoms with E-state index in [4.69, 9.17) is 4.74 Å². The lowest BCUT2D eigenvalue weighted by molar-refractivity contribution is 0.112. The highest BCUT2D eigenvalue weighted by molar-refractivity contribution is 5.76.